The predicted octanol–water partition coefficient (Wildman–Crippen LogP) is 12.9. The summed E-state index contributed by atoms with van der Waals surface area (Å²) in [5, 5.41) is 9.09. The highest BCUT2D eigenvalue weighted by atomic mass is 14.8. The third kappa shape index (κ3) is 5.15. The summed E-state index contributed by atoms with van der Waals surface area (Å²) in [6.07, 6.45) is 0. The van der Waals surface area contributed by atoms with Gasteiger partial charge in [-0.2, -0.15) is 0 Å². The highest BCUT2D eigenvalue weighted by molar-refractivity contribution is 6.05. The molecule has 0 unspecified atom stereocenters. The summed E-state index contributed by atoms with van der Waals surface area (Å²) in [6.45, 7) is 0. The Labute approximate surface area is 311 Å². The van der Waals surface area contributed by atoms with Crippen molar-refractivity contribution in [1.82, 2.24) is 19.9 Å². The molecule has 0 saturated heterocycles. The van der Waals surface area contributed by atoms with Gasteiger partial charge in [-0.1, -0.05) is 140 Å². The Morgan fingerprint density at radius 1 is 0.204 bits per heavy atom. The predicted molar refractivity (Wildman–Crippen MR) is 224 cm³/mol. The molecule has 250 valence electrons. The zero-order valence-electron chi connectivity index (χ0n) is 29.1. The van der Waals surface area contributed by atoms with Crippen LogP contribution in [0.1, 0.15) is 0 Å². The Kier molecular flexibility index (Phi) is 6.82. The van der Waals surface area contributed by atoms with Gasteiger partial charge >= 0.3 is 0 Å². The Morgan fingerprint density at radius 3 is 0.870 bits per heavy atom. The number of hydrogen-bond donors (Lipinski definition) is 0. The Balaban J connectivity index is 0.989. The monoisotopic (exact) mass is 686 g/mol. The maximum atomic E-state index is 5.25. The molecule has 0 aliphatic rings. The molecule has 7 aromatic carbocycles. The molecule has 0 fully saturated rings. The molecule has 0 aliphatic carbocycles. The number of pyridine rings is 4. The number of hydrogen-bond acceptors (Lipinski definition) is 4. The van der Waals surface area contributed by atoms with E-state index in [9.17, 15) is 0 Å². The van der Waals surface area contributed by atoms with Crippen LogP contribution >= 0.6 is 0 Å². The maximum Gasteiger partial charge on any atom is 0.0972 e. The molecule has 0 radical (unpaired) electrons. The van der Waals surface area contributed by atoms with E-state index < -0.39 is 0 Å². The van der Waals surface area contributed by atoms with Crippen LogP contribution in [0.5, 0.6) is 0 Å². The fourth-order valence-corrected chi connectivity index (χ4v) is 7.71. The van der Waals surface area contributed by atoms with E-state index in [1.54, 1.807) is 0 Å². The minimum atomic E-state index is 0.890. The summed E-state index contributed by atoms with van der Waals surface area (Å²) < 4.78 is 0. The molecule has 11 aromatic rings. The van der Waals surface area contributed by atoms with Crippen molar-refractivity contribution in [3.63, 3.8) is 0 Å². The van der Waals surface area contributed by atoms with Gasteiger partial charge in [-0.3, -0.25) is 0 Å². The average Bonchev–Trinajstić information content (AvgIpc) is 3.25. The molecule has 11 rings (SSSR count). The number of fused-ring (bicyclic) bond motifs is 8. The number of benzene rings is 7. The van der Waals surface area contributed by atoms with E-state index in [1.165, 1.54) is 21.5 Å². The van der Waals surface area contributed by atoms with Crippen LogP contribution in [0, 0.1) is 0 Å². The lowest BCUT2D eigenvalue weighted by Gasteiger charge is -2.10. The van der Waals surface area contributed by atoms with E-state index >= 15 is 0 Å². The first kappa shape index (κ1) is 30.3. The lowest BCUT2D eigenvalue weighted by atomic mass is 10.0. The minimum Gasteiger partial charge on any atom is -0.245 e. The molecule has 4 aromatic heterocycles. The van der Waals surface area contributed by atoms with Gasteiger partial charge < -0.3 is 0 Å². The average molecular weight is 687 g/mol. The van der Waals surface area contributed by atoms with Crippen molar-refractivity contribution >= 4 is 65.2 Å². The summed E-state index contributed by atoms with van der Waals surface area (Å²) in [7, 11) is 0. The van der Waals surface area contributed by atoms with Gasteiger partial charge in [-0.05, 0) is 64.0 Å². The molecule has 4 nitrogen and oxygen atoms in total. The van der Waals surface area contributed by atoms with E-state index in [0.29, 0.717) is 0 Å². The van der Waals surface area contributed by atoms with Crippen LogP contribution in [0.15, 0.2) is 182 Å². The molecule has 0 N–H and O–H groups in total. The van der Waals surface area contributed by atoms with Crippen molar-refractivity contribution < 1.29 is 0 Å². The second-order valence-corrected chi connectivity index (χ2v) is 13.9. The van der Waals surface area contributed by atoms with Gasteiger partial charge in [0.1, 0.15) is 0 Å². The van der Waals surface area contributed by atoms with Gasteiger partial charge in [0.15, 0.2) is 0 Å². The van der Waals surface area contributed by atoms with E-state index in [4.69, 9.17) is 19.9 Å². The van der Waals surface area contributed by atoms with Gasteiger partial charge in [-0.15, -0.1) is 0 Å². The Hall–Kier alpha value is -7.30. The van der Waals surface area contributed by atoms with Crippen molar-refractivity contribution in [3.05, 3.63) is 182 Å². The van der Waals surface area contributed by atoms with Crippen LogP contribution in [-0.2, 0) is 0 Å². The van der Waals surface area contributed by atoms with E-state index in [1.807, 2.05) is 0 Å². The largest absolute Gasteiger partial charge is 0.245 e. The number of nitrogens with zero attached hydrogens (tertiary/aromatic N) is 4. The third-order valence-corrected chi connectivity index (χ3v) is 10.6. The summed E-state index contributed by atoms with van der Waals surface area (Å²) in [6, 6.07) is 63.9. The van der Waals surface area contributed by atoms with Crippen LogP contribution in [0.2, 0.25) is 0 Å². The molecule has 0 atom stereocenters. The van der Waals surface area contributed by atoms with Crippen molar-refractivity contribution in [1.29, 1.82) is 0 Å². The summed E-state index contributed by atoms with van der Waals surface area (Å²) >= 11 is 0. The first-order valence-electron chi connectivity index (χ1n) is 18.2. The molecule has 0 spiro atoms. The molecule has 0 saturated carbocycles. The standard InChI is InChI=1S/C50H30N4/c1-3-8-37-28-41(18-12-31(37)6-1)45-26-22-35-16-14-33-20-24-43(51-47(33)49(35)53-45)39-10-5-11-40(30-39)44-25-21-34-15-17-36-23-27-46(54-50(36)48(34)52-44)42-19-13-32-7-2-4-9-38(32)29-42/h1-30H. The van der Waals surface area contributed by atoms with Crippen LogP contribution in [0.3, 0.4) is 0 Å². The first-order valence-corrected chi connectivity index (χ1v) is 18.2. The topological polar surface area (TPSA) is 51.6 Å². The number of rotatable bonds is 4. The quantitative estimate of drug-likeness (QED) is 0.173. The van der Waals surface area contributed by atoms with Gasteiger partial charge in [0, 0.05) is 43.8 Å². The first-order chi connectivity index (χ1) is 26.7. The highest BCUT2D eigenvalue weighted by Gasteiger charge is 2.13. The fraction of sp³-hybridized carbons (Fsp3) is 0. The minimum absolute atomic E-state index is 0.890. The number of aromatic nitrogens is 4. The zero-order valence-corrected chi connectivity index (χ0v) is 29.1. The highest BCUT2D eigenvalue weighted by Crippen LogP contribution is 2.33. The van der Waals surface area contributed by atoms with E-state index in [-0.39, 0.29) is 0 Å². The van der Waals surface area contributed by atoms with Crippen LogP contribution in [-0.4, -0.2) is 19.9 Å². The summed E-state index contributed by atoms with van der Waals surface area (Å²) in [5.41, 5.74) is 11.5. The Bertz CT molecular complexity index is 3080. The zero-order chi connectivity index (χ0) is 35.6. The van der Waals surface area contributed by atoms with Gasteiger partial charge in [-0.25, -0.2) is 19.9 Å². The van der Waals surface area contributed by atoms with E-state index in [2.05, 4.69) is 182 Å². The van der Waals surface area contributed by atoms with Crippen LogP contribution < -0.4 is 0 Å². The van der Waals surface area contributed by atoms with Crippen LogP contribution in [0.4, 0.5) is 0 Å². The molecular formula is C50H30N4. The molecule has 4 heteroatoms. The van der Waals surface area contributed by atoms with Gasteiger partial charge in [0.25, 0.3) is 0 Å². The molecule has 4 heterocycles. The lowest BCUT2D eigenvalue weighted by molar-refractivity contribution is 1.35. The van der Waals surface area contributed by atoms with Crippen molar-refractivity contribution in [2.75, 3.05) is 0 Å². The molecule has 0 aliphatic heterocycles. The van der Waals surface area contributed by atoms with Gasteiger partial charge in [0.2, 0.25) is 0 Å². The molecular weight excluding hydrogens is 657 g/mol. The summed E-state index contributed by atoms with van der Waals surface area (Å²) in [5.74, 6) is 0. The van der Waals surface area contributed by atoms with Crippen LogP contribution in [0.25, 0.3) is 110 Å². The fourth-order valence-electron chi connectivity index (χ4n) is 7.71. The van der Waals surface area contributed by atoms with Crippen molar-refractivity contribution in [2.24, 2.45) is 0 Å². The van der Waals surface area contributed by atoms with Crippen molar-refractivity contribution in [2.45, 2.75) is 0 Å². The SMILES string of the molecule is c1cc(-c2ccc3ccc4ccc(-c5ccc6ccccc6c5)nc4c3n2)cc(-c2ccc3ccc4ccc(-c5ccc6ccccc6c5)nc4c3n2)c1. The Morgan fingerprint density at radius 2 is 0.500 bits per heavy atom. The lowest BCUT2D eigenvalue weighted by Crippen LogP contribution is -1.92. The van der Waals surface area contributed by atoms with Crippen molar-refractivity contribution in [3.8, 4) is 45.0 Å². The molecule has 0 bridgehead atoms. The molecule has 54 heavy (non-hydrogen) atoms. The van der Waals surface area contributed by atoms with E-state index in [0.717, 1.165) is 88.6 Å². The second-order valence-electron chi connectivity index (χ2n) is 13.9. The summed E-state index contributed by atoms with van der Waals surface area (Å²) in [4.78, 5) is 20.9. The normalized spacial score (nSPS) is 11.7. The third-order valence-electron chi connectivity index (χ3n) is 10.6. The second kappa shape index (κ2) is 12.1. The smallest absolute Gasteiger partial charge is 0.0972 e. The van der Waals surface area contributed by atoms with Gasteiger partial charge in [0.05, 0.1) is 44.8 Å². The maximum absolute atomic E-state index is 5.25. The molecule has 0 amide bonds.